The third-order valence-corrected chi connectivity index (χ3v) is 2.62. The number of rotatable bonds is 4. The first-order valence-electron chi connectivity index (χ1n) is 4.30. The molecule has 0 fully saturated rings. The third-order valence-electron chi connectivity index (χ3n) is 2.01. The van der Waals surface area contributed by atoms with Gasteiger partial charge in [0.2, 0.25) is 0 Å². The summed E-state index contributed by atoms with van der Waals surface area (Å²) in [5.41, 5.74) is 0.317. The second-order valence-electron chi connectivity index (χ2n) is 2.87. The van der Waals surface area contributed by atoms with Gasteiger partial charge >= 0.3 is 0 Å². The van der Waals surface area contributed by atoms with Crippen molar-refractivity contribution in [3.63, 3.8) is 0 Å². The van der Waals surface area contributed by atoms with E-state index in [9.17, 15) is 9.50 Å². The summed E-state index contributed by atoms with van der Waals surface area (Å²) in [5.74, 6) is -0.102. The van der Waals surface area contributed by atoms with Gasteiger partial charge in [0.05, 0.1) is 25.9 Å². The zero-order chi connectivity index (χ0) is 11.4. The Bertz CT molecular complexity index is 344. The van der Waals surface area contributed by atoms with Crippen LogP contribution in [0, 0.1) is 5.82 Å². The van der Waals surface area contributed by atoms with Crippen LogP contribution in [-0.4, -0.2) is 24.7 Å². The summed E-state index contributed by atoms with van der Waals surface area (Å²) in [6, 6.07) is 2.70. The molecule has 0 heterocycles. The van der Waals surface area contributed by atoms with E-state index in [0.29, 0.717) is 11.3 Å². The van der Waals surface area contributed by atoms with Crippen LogP contribution in [0.3, 0.4) is 0 Å². The van der Waals surface area contributed by atoms with Crippen LogP contribution >= 0.6 is 15.9 Å². The average Bonchev–Trinajstić information content (AvgIpc) is 2.27. The SMILES string of the molecule is COc1ccc(F)c(OC)c1C(O)CBr. The van der Waals surface area contributed by atoms with Crippen molar-refractivity contribution in [2.45, 2.75) is 6.10 Å². The molecule has 0 radical (unpaired) electrons. The minimum atomic E-state index is -0.870. The maximum atomic E-state index is 13.4. The van der Waals surface area contributed by atoms with Crippen LogP contribution in [0.4, 0.5) is 4.39 Å². The number of ether oxygens (including phenoxy) is 2. The zero-order valence-electron chi connectivity index (χ0n) is 8.46. The molecule has 15 heavy (non-hydrogen) atoms. The van der Waals surface area contributed by atoms with Crippen molar-refractivity contribution >= 4 is 15.9 Å². The molecule has 1 aromatic rings. The number of aliphatic hydroxyl groups is 1. The van der Waals surface area contributed by atoms with E-state index in [0.717, 1.165) is 0 Å². The third kappa shape index (κ3) is 2.41. The Morgan fingerprint density at radius 1 is 1.40 bits per heavy atom. The van der Waals surface area contributed by atoms with Gasteiger partial charge in [-0.3, -0.25) is 0 Å². The van der Waals surface area contributed by atoms with Crippen molar-refractivity contribution < 1.29 is 19.0 Å². The fraction of sp³-hybridized carbons (Fsp3) is 0.400. The van der Waals surface area contributed by atoms with Gasteiger partial charge in [-0.25, -0.2) is 4.39 Å². The number of hydrogen-bond acceptors (Lipinski definition) is 3. The number of aliphatic hydroxyl groups excluding tert-OH is 1. The van der Waals surface area contributed by atoms with E-state index in [2.05, 4.69) is 15.9 Å². The molecule has 1 atom stereocenters. The van der Waals surface area contributed by atoms with Crippen LogP contribution in [-0.2, 0) is 0 Å². The number of benzene rings is 1. The molecule has 0 saturated carbocycles. The lowest BCUT2D eigenvalue weighted by Crippen LogP contribution is -2.06. The molecule has 0 saturated heterocycles. The molecule has 0 spiro atoms. The van der Waals surface area contributed by atoms with Crippen LogP contribution in [0.2, 0.25) is 0 Å². The second kappa shape index (κ2) is 5.32. The first kappa shape index (κ1) is 12.3. The molecule has 0 aliphatic carbocycles. The van der Waals surface area contributed by atoms with Gasteiger partial charge in [-0.2, -0.15) is 0 Å². The van der Waals surface area contributed by atoms with Gasteiger partial charge in [0.1, 0.15) is 5.75 Å². The summed E-state index contributed by atoms with van der Waals surface area (Å²) in [6.45, 7) is 0. The summed E-state index contributed by atoms with van der Waals surface area (Å²) in [5, 5.41) is 9.98. The van der Waals surface area contributed by atoms with Crippen LogP contribution in [0.1, 0.15) is 11.7 Å². The molecule has 1 aromatic carbocycles. The standard InChI is InChI=1S/C10H12BrFO3/c1-14-8-4-3-6(12)10(15-2)9(8)7(13)5-11/h3-4,7,13H,5H2,1-2H3. The first-order valence-corrected chi connectivity index (χ1v) is 5.42. The first-order chi connectivity index (χ1) is 7.15. The summed E-state index contributed by atoms with van der Waals surface area (Å²) < 4.78 is 23.3. The lowest BCUT2D eigenvalue weighted by molar-refractivity contribution is 0.193. The van der Waals surface area contributed by atoms with E-state index in [1.807, 2.05) is 0 Å². The Balaban J connectivity index is 3.33. The fourth-order valence-corrected chi connectivity index (χ4v) is 1.66. The van der Waals surface area contributed by atoms with Crippen molar-refractivity contribution in [2.24, 2.45) is 0 Å². The van der Waals surface area contributed by atoms with Gasteiger partial charge in [0.25, 0.3) is 0 Å². The quantitative estimate of drug-likeness (QED) is 0.859. The van der Waals surface area contributed by atoms with E-state index in [4.69, 9.17) is 9.47 Å². The van der Waals surface area contributed by atoms with Crippen LogP contribution in [0.25, 0.3) is 0 Å². The van der Waals surface area contributed by atoms with E-state index < -0.39 is 11.9 Å². The van der Waals surface area contributed by atoms with Gasteiger partial charge in [-0.15, -0.1) is 0 Å². The van der Waals surface area contributed by atoms with Gasteiger partial charge in [-0.05, 0) is 12.1 Å². The van der Waals surface area contributed by atoms with Crippen molar-refractivity contribution in [1.82, 2.24) is 0 Å². The molecule has 84 valence electrons. The summed E-state index contributed by atoms with van der Waals surface area (Å²) >= 11 is 3.12. The maximum absolute atomic E-state index is 13.4. The molecule has 5 heteroatoms. The largest absolute Gasteiger partial charge is 0.496 e. The smallest absolute Gasteiger partial charge is 0.165 e. The highest BCUT2D eigenvalue weighted by Gasteiger charge is 2.21. The zero-order valence-corrected chi connectivity index (χ0v) is 10.0. The average molecular weight is 279 g/mol. The fourth-order valence-electron chi connectivity index (χ4n) is 1.33. The van der Waals surface area contributed by atoms with E-state index >= 15 is 0 Å². The molecule has 0 aliphatic heterocycles. The maximum Gasteiger partial charge on any atom is 0.165 e. The minimum Gasteiger partial charge on any atom is -0.496 e. The molecule has 1 rings (SSSR count). The van der Waals surface area contributed by atoms with Gasteiger partial charge in [0.15, 0.2) is 11.6 Å². The Kier molecular flexibility index (Phi) is 4.35. The Hall–Kier alpha value is -0.810. The molecular weight excluding hydrogens is 267 g/mol. The van der Waals surface area contributed by atoms with Crippen LogP contribution in [0.15, 0.2) is 12.1 Å². The molecule has 0 bridgehead atoms. The second-order valence-corrected chi connectivity index (χ2v) is 3.51. The van der Waals surface area contributed by atoms with E-state index in [1.165, 1.54) is 26.4 Å². The van der Waals surface area contributed by atoms with Crippen molar-refractivity contribution in [3.05, 3.63) is 23.5 Å². The lowest BCUT2D eigenvalue weighted by Gasteiger charge is -2.16. The van der Waals surface area contributed by atoms with Crippen molar-refractivity contribution in [1.29, 1.82) is 0 Å². The van der Waals surface area contributed by atoms with Gasteiger partial charge in [0, 0.05) is 5.33 Å². The van der Waals surface area contributed by atoms with Gasteiger partial charge < -0.3 is 14.6 Å². The van der Waals surface area contributed by atoms with Crippen LogP contribution < -0.4 is 9.47 Å². The predicted molar refractivity (Wildman–Crippen MR) is 58.3 cm³/mol. The Morgan fingerprint density at radius 3 is 2.53 bits per heavy atom. The van der Waals surface area contributed by atoms with E-state index in [1.54, 1.807) is 0 Å². The molecule has 0 aromatic heterocycles. The summed E-state index contributed by atoms with van der Waals surface area (Å²) in [4.78, 5) is 0. The minimum absolute atomic E-state index is 0.0151. The molecule has 0 aliphatic rings. The summed E-state index contributed by atoms with van der Waals surface area (Å²) in [6.07, 6.45) is -0.870. The Labute approximate surface area is 95.9 Å². The molecule has 1 unspecified atom stereocenters. The molecule has 3 nitrogen and oxygen atoms in total. The van der Waals surface area contributed by atoms with Crippen molar-refractivity contribution in [2.75, 3.05) is 19.5 Å². The van der Waals surface area contributed by atoms with Crippen LogP contribution in [0.5, 0.6) is 11.5 Å². The monoisotopic (exact) mass is 278 g/mol. The highest BCUT2D eigenvalue weighted by Crippen LogP contribution is 2.36. The number of hydrogen-bond donors (Lipinski definition) is 1. The van der Waals surface area contributed by atoms with Crippen molar-refractivity contribution in [3.8, 4) is 11.5 Å². The number of halogens is 2. The molecular formula is C10H12BrFO3. The number of alkyl halides is 1. The topological polar surface area (TPSA) is 38.7 Å². The Morgan fingerprint density at radius 2 is 2.07 bits per heavy atom. The highest BCUT2D eigenvalue weighted by molar-refractivity contribution is 9.09. The van der Waals surface area contributed by atoms with E-state index in [-0.39, 0.29) is 11.1 Å². The normalized spacial score (nSPS) is 12.3. The molecule has 0 amide bonds. The predicted octanol–water partition coefficient (Wildman–Crippen LogP) is 2.27. The van der Waals surface area contributed by atoms with Gasteiger partial charge in [-0.1, -0.05) is 15.9 Å². The highest BCUT2D eigenvalue weighted by atomic mass is 79.9. The lowest BCUT2D eigenvalue weighted by atomic mass is 10.1. The summed E-state index contributed by atoms with van der Waals surface area (Å²) in [7, 11) is 2.80. The number of methoxy groups -OCH3 is 2. The molecule has 1 N–H and O–H groups in total.